The van der Waals surface area contributed by atoms with Gasteiger partial charge in [-0.15, -0.1) is 11.3 Å². The van der Waals surface area contributed by atoms with Gasteiger partial charge in [-0.1, -0.05) is 0 Å². The molecular formula is C14H25N3OS. The van der Waals surface area contributed by atoms with Gasteiger partial charge < -0.3 is 10.0 Å². The molecule has 1 saturated heterocycles. The zero-order valence-electron chi connectivity index (χ0n) is 12.4. The third kappa shape index (κ3) is 3.68. The number of aliphatic hydroxyl groups excluding tert-OH is 1. The number of aryl methyl sites for hydroxylation is 1. The van der Waals surface area contributed by atoms with E-state index < -0.39 is 0 Å². The number of thiazole rings is 1. The number of aliphatic hydroxyl groups is 1. The predicted molar refractivity (Wildman–Crippen MR) is 80.9 cm³/mol. The lowest BCUT2D eigenvalue weighted by atomic mass is 9.93. The molecule has 0 saturated carbocycles. The third-order valence-electron chi connectivity index (χ3n) is 3.86. The molecule has 108 valence electrons. The Morgan fingerprint density at radius 1 is 1.53 bits per heavy atom. The first-order valence-corrected chi connectivity index (χ1v) is 7.83. The summed E-state index contributed by atoms with van der Waals surface area (Å²) in [7, 11) is 4.07. The van der Waals surface area contributed by atoms with Crippen molar-refractivity contribution in [2.24, 2.45) is 5.92 Å². The number of hydrogen-bond acceptors (Lipinski definition) is 5. The van der Waals surface area contributed by atoms with Crippen LogP contribution in [-0.2, 0) is 6.54 Å². The molecule has 0 aromatic carbocycles. The van der Waals surface area contributed by atoms with Gasteiger partial charge in [-0.05, 0) is 39.2 Å². The van der Waals surface area contributed by atoms with Gasteiger partial charge in [-0.25, -0.2) is 4.98 Å². The maximum atomic E-state index is 9.75. The highest BCUT2D eigenvalue weighted by atomic mass is 32.1. The normalized spacial score (nSPS) is 22.5. The number of rotatable bonds is 4. The number of anilines is 1. The standard InChI is InChI=1S/C14H25N3OS/c1-10-13(19-14(15-10)16(3)4)9-17-7-5-6-12(8-17)11(2)18/h11-12,18H,5-9H2,1-4H3/t11-,12-/m0/s1. The lowest BCUT2D eigenvalue weighted by Gasteiger charge is -2.33. The molecule has 1 N–H and O–H groups in total. The highest BCUT2D eigenvalue weighted by Crippen LogP contribution is 2.28. The fourth-order valence-electron chi connectivity index (χ4n) is 2.58. The van der Waals surface area contributed by atoms with Gasteiger partial charge in [0.05, 0.1) is 11.8 Å². The quantitative estimate of drug-likeness (QED) is 0.919. The first kappa shape index (κ1) is 14.8. The minimum atomic E-state index is -0.192. The number of likely N-dealkylation sites (tertiary alicyclic amines) is 1. The van der Waals surface area contributed by atoms with Gasteiger partial charge in [0.25, 0.3) is 0 Å². The summed E-state index contributed by atoms with van der Waals surface area (Å²) in [4.78, 5) is 10.5. The second-order valence-corrected chi connectivity index (χ2v) is 6.84. The highest BCUT2D eigenvalue weighted by Gasteiger charge is 2.24. The fourth-order valence-corrected chi connectivity index (χ4v) is 3.61. The van der Waals surface area contributed by atoms with Crippen molar-refractivity contribution in [3.63, 3.8) is 0 Å². The van der Waals surface area contributed by atoms with E-state index in [2.05, 4.69) is 21.7 Å². The zero-order valence-corrected chi connectivity index (χ0v) is 13.2. The van der Waals surface area contributed by atoms with Gasteiger partial charge in [0.15, 0.2) is 5.13 Å². The van der Waals surface area contributed by atoms with Gasteiger partial charge in [-0.2, -0.15) is 0 Å². The van der Waals surface area contributed by atoms with Crippen LogP contribution in [0, 0.1) is 12.8 Å². The topological polar surface area (TPSA) is 39.6 Å². The first-order chi connectivity index (χ1) is 8.97. The van der Waals surface area contributed by atoms with Gasteiger partial charge >= 0.3 is 0 Å². The van der Waals surface area contributed by atoms with Crippen molar-refractivity contribution in [3.05, 3.63) is 10.6 Å². The van der Waals surface area contributed by atoms with Crippen LogP contribution in [0.2, 0.25) is 0 Å². The Bertz CT molecular complexity index is 417. The van der Waals surface area contributed by atoms with E-state index in [1.54, 1.807) is 11.3 Å². The van der Waals surface area contributed by atoms with Crippen LogP contribution in [0.3, 0.4) is 0 Å². The molecule has 0 bridgehead atoms. The third-order valence-corrected chi connectivity index (χ3v) is 5.17. The molecule has 0 amide bonds. The van der Waals surface area contributed by atoms with Gasteiger partial charge in [-0.3, -0.25) is 4.90 Å². The van der Waals surface area contributed by atoms with Gasteiger partial charge in [0.1, 0.15) is 0 Å². The van der Waals surface area contributed by atoms with E-state index in [9.17, 15) is 5.11 Å². The Kier molecular flexibility index (Phi) is 4.81. The minimum absolute atomic E-state index is 0.192. The highest BCUT2D eigenvalue weighted by molar-refractivity contribution is 7.15. The summed E-state index contributed by atoms with van der Waals surface area (Å²) in [6.45, 7) is 7.12. The first-order valence-electron chi connectivity index (χ1n) is 7.01. The van der Waals surface area contributed by atoms with Crippen LogP contribution in [0.1, 0.15) is 30.3 Å². The molecule has 4 nitrogen and oxygen atoms in total. The summed E-state index contributed by atoms with van der Waals surface area (Å²) in [5.74, 6) is 0.426. The Balaban J connectivity index is 2.00. The monoisotopic (exact) mass is 283 g/mol. The van der Waals surface area contributed by atoms with Crippen molar-refractivity contribution in [1.29, 1.82) is 0 Å². The maximum Gasteiger partial charge on any atom is 0.185 e. The molecule has 1 aromatic heterocycles. The molecule has 19 heavy (non-hydrogen) atoms. The Morgan fingerprint density at radius 2 is 2.26 bits per heavy atom. The van der Waals surface area contributed by atoms with Crippen LogP contribution in [-0.4, -0.2) is 48.3 Å². The lowest BCUT2D eigenvalue weighted by molar-refractivity contribution is 0.0602. The molecule has 1 aromatic rings. The van der Waals surface area contributed by atoms with Crippen LogP contribution in [0.15, 0.2) is 0 Å². The maximum absolute atomic E-state index is 9.75. The van der Waals surface area contributed by atoms with Crippen LogP contribution in [0.4, 0.5) is 5.13 Å². The Labute approximate surface area is 120 Å². The van der Waals surface area contributed by atoms with Gasteiger partial charge in [0.2, 0.25) is 0 Å². The van der Waals surface area contributed by atoms with Crippen LogP contribution in [0.5, 0.6) is 0 Å². The fraction of sp³-hybridized carbons (Fsp3) is 0.786. The SMILES string of the molecule is Cc1nc(N(C)C)sc1CN1CCC[C@H]([C@H](C)O)C1. The predicted octanol–water partition coefficient (Wildman–Crippen LogP) is 2.11. The Morgan fingerprint density at radius 3 is 2.84 bits per heavy atom. The smallest absolute Gasteiger partial charge is 0.185 e. The Hall–Kier alpha value is -0.650. The molecule has 5 heteroatoms. The van der Waals surface area contributed by atoms with Crippen molar-refractivity contribution in [2.75, 3.05) is 32.1 Å². The van der Waals surface area contributed by atoms with E-state index in [1.165, 1.54) is 11.3 Å². The number of hydrogen-bond donors (Lipinski definition) is 1. The zero-order chi connectivity index (χ0) is 14.0. The van der Waals surface area contributed by atoms with Crippen molar-refractivity contribution in [1.82, 2.24) is 9.88 Å². The summed E-state index contributed by atoms with van der Waals surface area (Å²) in [5.41, 5.74) is 1.15. The molecule has 2 atom stereocenters. The van der Waals surface area contributed by atoms with E-state index >= 15 is 0 Å². The van der Waals surface area contributed by atoms with Crippen LogP contribution in [0.25, 0.3) is 0 Å². The van der Waals surface area contributed by atoms with E-state index in [4.69, 9.17) is 0 Å². The summed E-state index contributed by atoms with van der Waals surface area (Å²) < 4.78 is 0. The molecule has 1 fully saturated rings. The average molecular weight is 283 g/mol. The van der Waals surface area contributed by atoms with E-state index in [1.807, 2.05) is 21.0 Å². The number of nitrogens with zero attached hydrogens (tertiary/aromatic N) is 3. The molecular weight excluding hydrogens is 258 g/mol. The molecule has 2 heterocycles. The molecule has 0 radical (unpaired) electrons. The van der Waals surface area contributed by atoms with Crippen molar-refractivity contribution >= 4 is 16.5 Å². The molecule has 1 aliphatic rings. The summed E-state index contributed by atoms with van der Waals surface area (Å²) in [6.07, 6.45) is 2.15. The minimum Gasteiger partial charge on any atom is -0.393 e. The molecule has 0 unspecified atom stereocenters. The van der Waals surface area contributed by atoms with E-state index in [0.29, 0.717) is 5.92 Å². The van der Waals surface area contributed by atoms with E-state index in [-0.39, 0.29) is 6.10 Å². The largest absolute Gasteiger partial charge is 0.393 e. The van der Waals surface area contributed by atoms with Crippen molar-refractivity contribution in [2.45, 2.75) is 39.3 Å². The van der Waals surface area contributed by atoms with Crippen LogP contribution < -0.4 is 4.90 Å². The summed E-state index contributed by atoms with van der Waals surface area (Å²) >= 11 is 1.78. The molecule has 0 spiro atoms. The molecule has 1 aliphatic heterocycles. The van der Waals surface area contributed by atoms with Crippen molar-refractivity contribution < 1.29 is 5.11 Å². The number of piperidine rings is 1. The second kappa shape index (κ2) is 6.20. The summed E-state index contributed by atoms with van der Waals surface area (Å²) in [6, 6.07) is 0. The molecule has 0 aliphatic carbocycles. The van der Waals surface area contributed by atoms with Crippen LogP contribution >= 0.6 is 11.3 Å². The van der Waals surface area contributed by atoms with Crippen molar-refractivity contribution in [3.8, 4) is 0 Å². The lowest BCUT2D eigenvalue weighted by Crippen LogP contribution is -2.38. The number of aromatic nitrogens is 1. The average Bonchev–Trinajstić information content (AvgIpc) is 2.71. The summed E-state index contributed by atoms with van der Waals surface area (Å²) in [5, 5.41) is 10.8. The second-order valence-electron chi connectivity index (χ2n) is 5.78. The van der Waals surface area contributed by atoms with E-state index in [0.717, 1.165) is 36.9 Å². The molecule has 2 rings (SSSR count). The van der Waals surface area contributed by atoms with Gasteiger partial charge in [0, 0.05) is 32.1 Å².